The standard InChI is InChI=1S/C24H22N2O3S2/c1-15-6-5-7-17(12-15)14-26-16(2)19(18-8-3-4-9-20(18)26)13-21-23(29)25(24(30)31-21)11-10-22(27)28/h3-9,12-13H,10-11,14H2,1-2H3,(H,27,28)/b21-13+. The number of thiocarbonyl (C=S) groups is 1. The van der Waals surface area contributed by atoms with Gasteiger partial charge in [-0.2, -0.15) is 0 Å². The van der Waals surface area contributed by atoms with Gasteiger partial charge in [-0.3, -0.25) is 14.5 Å². The third-order valence-electron chi connectivity index (χ3n) is 5.40. The van der Waals surface area contributed by atoms with Crippen LogP contribution in [0.1, 0.15) is 28.8 Å². The summed E-state index contributed by atoms with van der Waals surface area (Å²) in [6.45, 7) is 4.97. The first kappa shape index (κ1) is 21.3. The summed E-state index contributed by atoms with van der Waals surface area (Å²) in [5.74, 6) is -1.18. The first-order valence-electron chi connectivity index (χ1n) is 9.95. The van der Waals surface area contributed by atoms with Gasteiger partial charge in [-0.25, -0.2) is 0 Å². The third-order valence-corrected chi connectivity index (χ3v) is 6.78. The number of thioether (sulfide) groups is 1. The molecule has 4 rings (SSSR count). The number of para-hydroxylation sites is 1. The van der Waals surface area contributed by atoms with Crippen molar-refractivity contribution < 1.29 is 14.7 Å². The molecule has 1 aliphatic heterocycles. The number of carbonyl (C=O) groups excluding carboxylic acids is 1. The van der Waals surface area contributed by atoms with Crippen LogP contribution in [0.25, 0.3) is 17.0 Å². The van der Waals surface area contributed by atoms with Gasteiger partial charge < -0.3 is 9.67 Å². The van der Waals surface area contributed by atoms with Crippen LogP contribution >= 0.6 is 24.0 Å². The molecule has 0 radical (unpaired) electrons. The molecule has 0 aliphatic carbocycles. The van der Waals surface area contributed by atoms with Crippen molar-refractivity contribution in [2.75, 3.05) is 6.54 Å². The fraction of sp³-hybridized carbons (Fsp3) is 0.208. The van der Waals surface area contributed by atoms with Crippen molar-refractivity contribution in [1.82, 2.24) is 9.47 Å². The number of nitrogens with zero attached hydrogens (tertiary/aromatic N) is 2. The molecule has 0 atom stereocenters. The normalized spacial score (nSPS) is 15.4. The molecule has 0 bridgehead atoms. The lowest BCUT2D eigenvalue weighted by atomic mass is 10.1. The summed E-state index contributed by atoms with van der Waals surface area (Å²) in [6, 6.07) is 16.6. The summed E-state index contributed by atoms with van der Waals surface area (Å²) >= 11 is 6.55. The zero-order chi connectivity index (χ0) is 22.1. The maximum atomic E-state index is 12.9. The minimum absolute atomic E-state index is 0.0887. The largest absolute Gasteiger partial charge is 0.481 e. The van der Waals surface area contributed by atoms with Gasteiger partial charge in [0.15, 0.2) is 0 Å². The molecule has 0 unspecified atom stereocenters. The number of hydrogen-bond acceptors (Lipinski definition) is 4. The molecule has 5 nitrogen and oxygen atoms in total. The fourth-order valence-electron chi connectivity index (χ4n) is 3.87. The van der Waals surface area contributed by atoms with E-state index in [2.05, 4.69) is 54.8 Å². The van der Waals surface area contributed by atoms with E-state index in [9.17, 15) is 9.59 Å². The highest BCUT2D eigenvalue weighted by Crippen LogP contribution is 2.36. The molecule has 0 saturated carbocycles. The summed E-state index contributed by atoms with van der Waals surface area (Å²) in [4.78, 5) is 25.7. The molecule has 1 aliphatic rings. The zero-order valence-electron chi connectivity index (χ0n) is 17.3. The van der Waals surface area contributed by atoms with Gasteiger partial charge in [0.2, 0.25) is 0 Å². The Morgan fingerprint density at radius 1 is 1.16 bits per heavy atom. The third kappa shape index (κ3) is 4.29. The molecule has 0 spiro atoms. The van der Waals surface area contributed by atoms with Gasteiger partial charge in [0.1, 0.15) is 4.32 Å². The van der Waals surface area contributed by atoms with Crippen molar-refractivity contribution in [3.05, 3.63) is 75.8 Å². The van der Waals surface area contributed by atoms with Crippen molar-refractivity contribution >= 4 is 57.2 Å². The summed E-state index contributed by atoms with van der Waals surface area (Å²) in [7, 11) is 0. The molecule has 158 valence electrons. The monoisotopic (exact) mass is 450 g/mol. The van der Waals surface area contributed by atoms with Crippen molar-refractivity contribution in [3.8, 4) is 0 Å². The van der Waals surface area contributed by atoms with Gasteiger partial charge in [0, 0.05) is 35.2 Å². The number of aliphatic carboxylic acids is 1. The second-order valence-electron chi connectivity index (χ2n) is 7.57. The van der Waals surface area contributed by atoms with E-state index >= 15 is 0 Å². The molecule has 1 amide bonds. The minimum Gasteiger partial charge on any atom is -0.481 e. The Hall–Kier alpha value is -2.90. The molecular formula is C24H22N2O3S2. The first-order chi connectivity index (χ1) is 14.8. The number of hydrogen-bond donors (Lipinski definition) is 1. The van der Waals surface area contributed by atoms with Crippen molar-refractivity contribution in [2.45, 2.75) is 26.8 Å². The molecule has 7 heteroatoms. The van der Waals surface area contributed by atoms with Crippen LogP contribution in [0.2, 0.25) is 0 Å². The Morgan fingerprint density at radius 2 is 1.94 bits per heavy atom. The number of aryl methyl sites for hydroxylation is 1. The Morgan fingerprint density at radius 3 is 2.68 bits per heavy atom. The SMILES string of the molecule is Cc1cccc(Cn2c(C)c(/C=C3/SC(=S)N(CCC(=O)O)C3=O)c3ccccc32)c1. The number of benzene rings is 2. The van der Waals surface area contributed by atoms with E-state index in [1.165, 1.54) is 27.8 Å². The highest BCUT2D eigenvalue weighted by Gasteiger charge is 2.32. The van der Waals surface area contributed by atoms with E-state index in [1.807, 2.05) is 18.2 Å². The highest BCUT2D eigenvalue weighted by molar-refractivity contribution is 8.26. The van der Waals surface area contributed by atoms with Crippen LogP contribution < -0.4 is 0 Å². The van der Waals surface area contributed by atoms with Crippen LogP contribution in [0.15, 0.2) is 53.4 Å². The quantitative estimate of drug-likeness (QED) is 0.424. The number of aromatic nitrogens is 1. The molecule has 1 saturated heterocycles. The maximum absolute atomic E-state index is 12.9. The number of carboxylic acids is 1. The van der Waals surface area contributed by atoms with Crippen molar-refractivity contribution in [1.29, 1.82) is 0 Å². The topological polar surface area (TPSA) is 62.5 Å². The number of fused-ring (bicyclic) bond motifs is 1. The Balaban J connectivity index is 1.73. The Bertz CT molecular complexity index is 1240. The lowest BCUT2D eigenvalue weighted by Gasteiger charge is -2.12. The second-order valence-corrected chi connectivity index (χ2v) is 9.24. The van der Waals surface area contributed by atoms with Gasteiger partial charge in [-0.15, -0.1) is 0 Å². The zero-order valence-corrected chi connectivity index (χ0v) is 18.9. The number of amides is 1. The van der Waals surface area contributed by atoms with Crippen LogP contribution in [-0.2, 0) is 16.1 Å². The molecule has 1 fully saturated rings. The number of carbonyl (C=O) groups is 2. The molecule has 2 heterocycles. The smallest absolute Gasteiger partial charge is 0.305 e. The molecule has 1 aromatic heterocycles. The van der Waals surface area contributed by atoms with E-state index < -0.39 is 5.97 Å². The van der Waals surface area contributed by atoms with E-state index in [1.54, 1.807) is 0 Å². The van der Waals surface area contributed by atoms with Crippen LogP contribution in [0.5, 0.6) is 0 Å². The second kappa shape index (κ2) is 8.69. The van der Waals surface area contributed by atoms with Crippen LogP contribution in [0.4, 0.5) is 0 Å². The molecule has 31 heavy (non-hydrogen) atoms. The average Bonchev–Trinajstić information content (AvgIpc) is 3.15. The Labute approximate surface area is 190 Å². The predicted molar refractivity (Wildman–Crippen MR) is 129 cm³/mol. The lowest BCUT2D eigenvalue weighted by molar-refractivity contribution is -0.137. The van der Waals surface area contributed by atoms with Crippen LogP contribution in [0.3, 0.4) is 0 Å². The van der Waals surface area contributed by atoms with Crippen LogP contribution in [0, 0.1) is 13.8 Å². The molecule has 3 aromatic rings. The van der Waals surface area contributed by atoms with E-state index in [0.29, 0.717) is 9.23 Å². The van der Waals surface area contributed by atoms with Gasteiger partial charge in [-0.1, -0.05) is 72.0 Å². The molecular weight excluding hydrogens is 428 g/mol. The first-order valence-corrected chi connectivity index (χ1v) is 11.2. The van der Waals surface area contributed by atoms with Gasteiger partial charge in [-0.05, 0) is 31.6 Å². The number of rotatable bonds is 6. The van der Waals surface area contributed by atoms with Gasteiger partial charge in [0.05, 0.1) is 11.3 Å². The Kier molecular flexibility index (Phi) is 5.98. The minimum atomic E-state index is -0.951. The van der Waals surface area contributed by atoms with Gasteiger partial charge in [0.25, 0.3) is 5.91 Å². The molecule has 2 aromatic carbocycles. The maximum Gasteiger partial charge on any atom is 0.305 e. The van der Waals surface area contributed by atoms with Crippen LogP contribution in [-0.4, -0.2) is 37.3 Å². The predicted octanol–water partition coefficient (Wildman–Crippen LogP) is 4.98. The van der Waals surface area contributed by atoms with E-state index in [-0.39, 0.29) is 18.9 Å². The van der Waals surface area contributed by atoms with Crippen molar-refractivity contribution in [2.24, 2.45) is 0 Å². The average molecular weight is 451 g/mol. The summed E-state index contributed by atoms with van der Waals surface area (Å²) in [6.07, 6.45) is 1.76. The molecule has 1 N–H and O–H groups in total. The number of carboxylic acid groups (broad SMARTS) is 1. The lowest BCUT2D eigenvalue weighted by Crippen LogP contribution is -2.30. The van der Waals surface area contributed by atoms with Gasteiger partial charge >= 0.3 is 5.97 Å². The summed E-state index contributed by atoms with van der Waals surface area (Å²) < 4.78 is 2.67. The highest BCUT2D eigenvalue weighted by atomic mass is 32.2. The van der Waals surface area contributed by atoms with Crippen molar-refractivity contribution in [3.63, 3.8) is 0 Å². The van der Waals surface area contributed by atoms with E-state index in [0.717, 1.165) is 28.7 Å². The van der Waals surface area contributed by atoms with E-state index in [4.69, 9.17) is 17.3 Å². The fourth-order valence-corrected chi connectivity index (χ4v) is 5.16. The summed E-state index contributed by atoms with van der Waals surface area (Å²) in [5.41, 5.74) is 5.60. The summed E-state index contributed by atoms with van der Waals surface area (Å²) in [5, 5.41) is 10.0.